The normalized spacial score (nSPS) is 20.0. The van der Waals surface area contributed by atoms with Crippen molar-refractivity contribution in [1.82, 2.24) is 0 Å². The highest BCUT2D eigenvalue weighted by Gasteiger charge is 2.17. The van der Waals surface area contributed by atoms with Crippen molar-refractivity contribution in [3.8, 4) is 5.75 Å². The zero-order valence-electron chi connectivity index (χ0n) is 13.6. The second-order valence-electron chi connectivity index (χ2n) is 5.62. The van der Waals surface area contributed by atoms with E-state index in [9.17, 15) is 4.79 Å². The summed E-state index contributed by atoms with van der Waals surface area (Å²) in [6.07, 6.45) is 5.46. The Morgan fingerprint density at radius 2 is 2.13 bits per heavy atom. The summed E-state index contributed by atoms with van der Waals surface area (Å²) in [7, 11) is 1.42. The number of halogens is 1. The van der Waals surface area contributed by atoms with Gasteiger partial charge in [0.05, 0.1) is 20.1 Å². The smallest absolute Gasteiger partial charge is 0.306 e. The lowest BCUT2D eigenvalue weighted by atomic mass is 9.95. The third-order valence-electron chi connectivity index (χ3n) is 3.76. The summed E-state index contributed by atoms with van der Waals surface area (Å²) in [5.41, 5.74) is 1.07. The van der Waals surface area contributed by atoms with E-state index in [0.717, 1.165) is 40.8 Å². The van der Waals surface area contributed by atoms with Gasteiger partial charge in [0.15, 0.2) is 6.29 Å². The standard InChI is InChI=1S/C18H23IO4/c1-13(19)11-15(12-17(20)21-2)14-6-8-16(9-7-14)23-18-5-3-4-10-22-18/h6-9,11,15,18H,3-5,10,12H2,1-2H3/t15-,18?/m0/s1. The Balaban J connectivity index is 2.05. The minimum atomic E-state index is -0.208. The topological polar surface area (TPSA) is 44.8 Å². The van der Waals surface area contributed by atoms with Crippen molar-refractivity contribution in [1.29, 1.82) is 0 Å². The predicted molar refractivity (Wildman–Crippen MR) is 97.8 cm³/mol. The van der Waals surface area contributed by atoms with E-state index in [1.54, 1.807) is 0 Å². The van der Waals surface area contributed by atoms with Crippen LogP contribution in [0.2, 0.25) is 0 Å². The summed E-state index contributed by atoms with van der Waals surface area (Å²) in [6, 6.07) is 7.88. The second-order valence-corrected chi connectivity index (χ2v) is 7.32. The van der Waals surface area contributed by atoms with Crippen molar-refractivity contribution in [2.24, 2.45) is 0 Å². The predicted octanol–water partition coefficient (Wildman–Crippen LogP) is 4.58. The van der Waals surface area contributed by atoms with Gasteiger partial charge in [0.1, 0.15) is 5.75 Å². The maximum Gasteiger partial charge on any atom is 0.306 e. The fourth-order valence-electron chi connectivity index (χ4n) is 2.56. The number of hydrogen-bond donors (Lipinski definition) is 0. The molecule has 0 spiro atoms. The third kappa shape index (κ3) is 6.14. The highest BCUT2D eigenvalue weighted by molar-refractivity contribution is 14.1. The zero-order chi connectivity index (χ0) is 16.7. The summed E-state index contributed by atoms with van der Waals surface area (Å²) in [5, 5.41) is 0. The molecule has 2 rings (SSSR count). The van der Waals surface area contributed by atoms with Crippen LogP contribution >= 0.6 is 22.6 Å². The van der Waals surface area contributed by atoms with Gasteiger partial charge < -0.3 is 14.2 Å². The number of methoxy groups -OCH3 is 1. The zero-order valence-corrected chi connectivity index (χ0v) is 15.7. The summed E-state index contributed by atoms with van der Waals surface area (Å²) in [4.78, 5) is 11.6. The van der Waals surface area contributed by atoms with Crippen molar-refractivity contribution in [3.63, 3.8) is 0 Å². The first kappa shape index (κ1) is 18.3. The van der Waals surface area contributed by atoms with Crippen LogP contribution in [0.15, 0.2) is 33.9 Å². The molecule has 0 saturated carbocycles. The Morgan fingerprint density at radius 3 is 2.70 bits per heavy atom. The molecular formula is C18H23IO4. The van der Waals surface area contributed by atoms with Crippen molar-refractivity contribution < 1.29 is 19.0 Å². The summed E-state index contributed by atoms with van der Waals surface area (Å²) in [6.45, 7) is 2.78. The van der Waals surface area contributed by atoms with E-state index in [4.69, 9.17) is 14.2 Å². The molecule has 1 unspecified atom stereocenters. The quantitative estimate of drug-likeness (QED) is 0.490. The van der Waals surface area contributed by atoms with Crippen LogP contribution in [-0.2, 0) is 14.3 Å². The molecule has 0 bridgehead atoms. The first-order chi connectivity index (χ1) is 11.1. The van der Waals surface area contributed by atoms with Crippen LogP contribution in [-0.4, -0.2) is 26.0 Å². The molecule has 0 N–H and O–H groups in total. The molecule has 0 radical (unpaired) electrons. The fraction of sp³-hybridized carbons (Fsp3) is 0.500. The molecule has 1 heterocycles. The average molecular weight is 430 g/mol. The molecule has 4 nitrogen and oxygen atoms in total. The van der Waals surface area contributed by atoms with Gasteiger partial charge in [0.25, 0.3) is 0 Å². The number of benzene rings is 1. The third-order valence-corrected chi connectivity index (χ3v) is 4.12. The van der Waals surface area contributed by atoms with Gasteiger partial charge in [-0.25, -0.2) is 0 Å². The van der Waals surface area contributed by atoms with Gasteiger partial charge in [-0.3, -0.25) is 4.79 Å². The maximum atomic E-state index is 11.6. The van der Waals surface area contributed by atoms with Crippen LogP contribution in [0.4, 0.5) is 0 Å². The number of carbonyl (C=O) groups excluding carboxylic acids is 1. The molecule has 0 amide bonds. The molecule has 1 aliphatic rings. The lowest BCUT2D eigenvalue weighted by molar-refractivity contribution is -0.140. The van der Waals surface area contributed by atoms with Crippen molar-refractivity contribution >= 4 is 28.6 Å². The SMILES string of the molecule is COC(=O)C[C@H](C=C(C)I)c1ccc(OC2CCCCO2)cc1. The van der Waals surface area contributed by atoms with E-state index in [1.165, 1.54) is 7.11 Å². The molecule has 0 aromatic heterocycles. The highest BCUT2D eigenvalue weighted by Crippen LogP contribution is 2.27. The second kappa shape index (κ2) is 9.27. The van der Waals surface area contributed by atoms with Gasteiger partial charge in [-0.2, -0.15) is 0 Å². The number of rotatable bonds is 6. The summed E-state index contributed by atoms with van der Waals surface area (Å²) >= 11 is 2.25. The highest BCUT2D eigenvalue weighted by atomic mass is 127. The molecule has 126 valence electrons. The lowest BCUT2D eigenvalue weighted by Gasteiger charge is -2.23. The molecule has 2 atom stereocenters. The number of allylic oxidation sites excluding steroid dienone is 2. The molecule has 5 heteroatoms. The Labute approximate surface area is 151 Å². The van der Waals surface area contributed by atoms with Gasteiger partial charge in [-0.05, 0) is 63.6 Å². The minimum Gasteiger partial charge on any atom is -0.469 e. The van der Waals surface area contributed by atoms with Crippen LogP contribution in [0.25, 0.3) is 0 Å². The summed E-state index contributed by atoms with van der Waals surface area (Å²) in [5.74, 6) is 0.604. The maximum absolute atomic E-state index is 11.6. The molecule has 23 heavy (non-hydrogen) atoms. The van der Waals surface area contributed by atoms with E-state index in [1.807, 2.05) is 31.2 Å². The van der Waals surface area contributed by atoms with Crippen molar-refractivity contribution in [2.75, 3.05) is 13.7 Å². The largest absolute Gasteiger partial charge is 0.469 e. The molecule has 0 aliphatic carbocycles. The minimum absolute atomic E-state index is 0.0133. The van der Waals surface area contributed by atoms with Crippen LogP contribution < -0.4 is 4.74 Å². The monoisotopic (exact) mass is 430 g/mol. The first-order valence-corrected chi connectivity index (χ1v) is 8.95. The van der Waals surface area contributed by atoms with Crippen LogP contribution in [0.3, 0.4) is 0 Å². The number of carbonyl (C=O) groups is 1. The van der Waals surface area contributed by atoms with Gasteiger partial charge in [0, 0.05) is 12.3 Å². The van der Waals surface area contributed by atoms with Gasteiger partial charge in [-0.1, -0.05) is 18.2 Å². The van der Waals surface area contributed by atoms with Crippen LogP contribution in [0.5, 0.6) is 5.75 Å². The molecule has 1 fully saturated rings. The molecular weight excluding hydrogens is 407 g/mol. The van der Waals surface area contributed by atoms with E-state index < -0.39 is 0 Å². The molecule has 1 saturated heterocycles. The Morgan fingerprint density at radius 1 is 1.39 bits per heavy atom. The van der Waals surface area contributed by atoms with E-state index in [2.05, 4.69) is 28.7 Å². The Hall–Kier alpha value is -1.08. The van der Waals surface area contributed by atoms with Crippen LogP contribution in [0.1, 0.15) is 44.1 Å². The van der Waals surface area contributed by atoms with Crippen LogP contribution in [0, 0.1) is 0 Å². The fourth-order valence-corrected chi connectivity index (χ4v) is 3.00. The summed E-state index contributed by atoms with van der Waals surface area (Å²) < 4.78 is 17.4. The van der Waals surface area contributed by atoms with Gasteiger partial charge in [0.2, 0.25) is 0 Å². The first-order valence-electron chi connectivity index (χ1n) is 7.87. The average Bonchev–Trinajstić information content (AvgIpc) is 2.55. The van der Waals surface area contributed by atoms with E-state index in [-0.39, 0.29) is 18.2 Å². The van der Waals surface area contributed by atoms with E-state index in [0.29, 0.717) is 6.42 Å². The molecule has 1 aromatic carbocycles. The number of ether oxygens (including phenoxy) is 3. The molecule has 1 aliphatic heterocycles. The van der Waals surface area contributed by atoms with E-state index >= 15 is 0 Å². The van der Waals surface area contributed by atoms with Gasteiger partial charge in [-0.15, -0.1) is 0 Å². The lowest BCUT2D eigenvalue weighted by Crippen LogP contribution is -2.24. The number of esters is 1. The van der Waals surface area contributed by atoms with Gasteiger partial charge >= 0.3 is 5.97 Å². The van der Waals surface area contributed by atoms with Crippen molar-refractivity contribution in [2.45, 2.75) is 44.8 Å². The molecule has 1 aromatic rings. The van der Waals surface area contributed by atoms with Crippen molar-refractivity contribution in [3.05, 3.63) is 39.5 Å². The Bertz CT molecular complexity index is 528. The number of hydrogen-bond acceptors (Lipinski definition) is 4. The Kier molecular flexibility index (Phi) is 7.36.